The minimum absolute atomic E-state index is 0.886. The maximum Gasteiger partial charge on any atom is 0.117 e. The van der Waals surface area contributed by atoms with Gasteiger partial charge in [0, 0.05) is 35.1 Å². The van der Waals surface area contributed by atoms with Crippen LogP contribution in [0.25, 0.3) is 55.2 Å². The first-order valence-electron chi connectivity index (χ1n) is 10.5. The summed E-state index contributed by atoms with van der Waals surface area (Å²) in [5.74, 6) is 0. The van der Waals surface area contributed by atoms with Crippen molar-refractivity contribution in [2.75, 3.05) is 0 Å². The Hall–Kier alpha value is -4.51. The molecule has 0 saturated heterocycles. The highest BCUT2D eigenvalue weighted by molar-refractivity contribution is 6.21. The molecule has 5 aromatic heterocycles. The highest BCUT2D eigenvalue weighted by Crippen LogP contribution is 2.39. The van der Waals surface area contributed by atoms with Crippen LogP contribution >= 0.6 is 0 Å². The van der Waals surface area contributed by atoms with Crippen molar-refractivity contribution >= 4 is 43.9 Å². The van der Waals surface area contributed by atoms with Crippen molar-refractivity contribution in [1.29, 1.82) is 0 Å². The average Bonchev–Trinajstić information content (AvgIpc) is 3.38. The first kappa shape index (κ1) is 17.2. The SMILES string of the molecule is c1ccc(-n2c3ccccc3c3cnc4c5ncccc5n(-c5cccnc5)c4c32)cc1. The second-order valence-electron chi connectivity index (χ2n) is 7.82. The summed E-state index contributed by atoms with van der Waals surface area (Å²) in [4.78, 5) is 14.0. The molecule has 5 nitrogen and oxygen atoms in total. The molecule has 0 radical (unpaired) electrons. The molecule has 0 fully saturated rings. The third kappa shape index (κ3) is 2.25. The molecular weight excluding hydrogens is 394 g/mol. The Morgan fingerprint density at radius 2 is 1.25 bits per heavy atom. The Morgan fingerprint density at radius 3 is 2.12 bits per heavy atom. The molecule has 2 aromatic carbocycles. The molecular formula is C27H17N5. The molecule has 0 atom stereocenters. The topological polar surface area (TPSA) is 48.5 Å². The smallest absolute Gasteiger partial charge is 0.117 e. The molecule has 7 aromatic rings. The molecule has 0 amide bonds. The largest absolute Gasteiger partial charge is 0.307 e. The summed E-state index contributed by atoms with van der Waals surface area (Å²) in [6, 6.07) is 27.1. The van der Waals surface area contributed by atoms with Gasteiger partial charge in [0.15, 0.2) is 0 Å². The molecule has 0 N–H and O–H groups in total. The molecule has 5 heterocycles. The van der Waals surface area contributed by atoms with E-state index >= 15 is 0 Å². The Balaban J connectivity index is 1.81. The number of nitrogens with zero attached hydrogens (tertiary/aromatic N) is 5. The van der Waals surface area contributed by atoms with E-state index in [-0.39, 0.29) is 0 Å². The lowest BCUT2D eigenvalue weighted by Crippen LogP contribution is -1.99. The fourth-order valence-corrected chi connectivity index (χ4v) is 4.80. The quantitative estimate of drug-likeness (QED) is 0.347. The molecule has 0 unspecified atom stereocenters. The van der Waals surface area contributed by atoms with Crippen molar-refractivity contribution in [3.05, 3.63) is 104 Å². The molecule has 0 saturated carbocycles. The molecule has 0 aliphatic carbocycles. The summed E-state index contributed by atoms with van der Waals surface area (Å²) in [5.41, 5.74) is 8.18. The minimum atomic E-state index is 0.886. The van der Waals surface area contributed by atoms with Gasteiger partial charge in [0.25, 0.3) is 0 Å². The summed E-state index contributed by atoms with van der Waals surface area (Å²) in [5, 5.41) is 2.29. The van der Waals surface area contributed by atoms with E-state index in [0.29, 0.717) is 0 Å². The lowest BCUT2D eigenvalue weighted by atomic mass is 10.2. The third-order valence-electron chi connectivity index (χ3n) is 6.08. The monoisotopic (exact) mass is 411 g/mol. The summed E-state index contributed by atoms with van der Waals surface area (Å²) in [6.07, 6.45) is 7.50. The van der Waals surface area contributed by atoms with Crippen LogP contribution in [0.4, 0.5) is 0 Å². The van der Waals surface area contributed by atoms with Crippen molar-refractivity contribution in [2.24, 2.45) is 0 Å². The predicted molar refractivity (Wildman–Crippen MR) is 129 cm³/mol. The van der Waals surface area contributed by atoms with E-state index in [1.165, 1.54) is 5.39 Å². The van der Waals surface area contributed by atoms with E-state index < -0.39 is 0 Å². The van der Waals surface area contributed by atoms with Gasteiger partial charge in [-0.25, -0.2) is 0 Å². The highest BCUT2D eigenvalue weighted by Gasteiger charge is 2.22. The summed E-state index contributed by atoms with van der Waals surface area (Å²) in [6.45, 7) is 0. The Kier molecular flexibility index (Phi) is 3.49. The maximum atomic E-state index is 4.92. The molecule has 0 spiro atoms. The van der Waals surface area contributed by atoms with Crippen LogP contribution < -0.4 is 0 Å². The number of fused-ring (bicyclic) bond motifs is 7. The van der Waals surface area contributed by atoms with Crippen molar-refractivity contribution in [1.82, 2.24) is 24.1 Å². The van der Waals surface area contributed by atoms with Gasteiger partial charge in [-0.15, -0.1) is 0 Å². The second-order valence-corrected chi connectivity index (χ2v) is 7.82. The van der Waals surface area contributed by atoms with Gasteiger partial charge in [-0.1, -0.05) is 36.4 Å². The fourth-order valence-electron chi connectivity index (χ4n) is 4.80. The summed E-state index contributed by atoms with van der Waals surface area (Å²) < 4.78 is 4.57. The van der Waals surface area contributed by atoms with Crippen LogP contribution in [0.5, 0.6) is 0 Å². The van der Waals surface area contributed by atoms with Crippen molar-refractivity contribution in [2.45, 2.75) is 0 Å². The highest BCUT2D eigenvalue weighted by atomic mass is 15.1. The van der Waals surface area contributed by atoms with E-state index in [2.05, 4.69) is 74.8 Å². The number of benzene rings is 2. The fraction of sp³-hybridized carbons (Fsp3) is 0. The second kappa shape index (κ2) is 6.49. The van der Waals surface area contributed by atoms with E-state index in [4.69, 9.17) is 9.97 Å². The van der Waals surface area contributed by atoms with Crippen LogP contribution in [0, 0.1) is 0 Å². The van der Waals surface area contributed by atoms with E-state index in [0.717, 1.165) is 49.9 Å². The van der Waals surface area contributed by atoms with Gasteiger partial charge < -0.3 is 9.13 Å². The first-order chi connectivity index (χ1) is 15.9. The Labute approximate surface area is 183 Å². The lowest BCUT2D eigenvalue weighted by molar-refractivity contribution is 1.12. The van der Waals surface area contributed by atoms with Gasteiger partial charge in [0.2, 0.25) is 0 Å². The summed E-state index contributed by atoms with van der Waals surface area (Å²) in [7, 11) is 0. The number of pyridine rings is 3. The average molecular weight is 411 g/mol. The van der Waals surface area contributed by atoms with Gasteiger partial charge in [0.05, 0.1) is 34.0 Å². The molecule has 5 heteroatoms. The molecule has 7 rings (SSSR count). The Morgan fingerprint density at radius 1 is 0.500 bits per heavy atom. The van der Waals surface area contributed by atoms with Gasteiger partial charge in [0.1, 0.15) is 11.0 Å². The number of hydrogen-bond acceptors (Lipinski definition) is 3. The van der Waals surface area contributed by atoms with Crippen LogP contribution in [0.2, 0.25) is 0 Å². The maximum absolute atomic E-state index is 4.92. The third-order valence-corrected chi connectivity index (χ3v) is 6.08. The number of aromatic nitrogens is 5. The molecule has 0 aliphatic rings. The molecule has 0 aliphatic heterocycles. The van der Waals surface area contributed by atoms with Crippen molar-refractivity contribution < 1.29 is 0 Å². The summed E-state index contributed by atoms with van der Waals surface area (Å²) >= 11 is 0. The molecule has 0 bridgehead atoms. The minimum Gasteiger partial charge on any atom is -0.307 e. The number of rotatable bonds is 2. The van der Waals surface area contributed by atoms with Gasteiger partial charge in [-0.05, 0) is 42.5 Å². The predicted octanol–water partition coefficient (Wildman–Crippen LogP) is 6.07. The van der Waals surface area contributed by atoms with E-state index in [9.17, 15) is 0 Å². The van der Waals surface area contributed by atoms with Gasteiger partial charge in [-0.2, -0.15) is 0 Å². The zero-order chi connectivity index (χ0) is 21.1. The van der Waals surface area contributed by atoms with Crippen LogP contribution in [-0.2, 0) is 0 Å². The zero-order valence-electron chi connectivity index (χ0n) is 17.1. The van der Waals surface area contributed by atoms with Crippen LogP contribution in [-0.4, -0.2) is 24.1 Å². The number of hydrogen-bond donors (Lipinski definition) is 0. The van der Waals surface area contributed by atoms with Crippen molar-refractivity contribution in [3.63, 3.8) is 0 Å². The lowest BCUT2D eigenvalue weighted by Gasteiger charge is -2.11. The van der Waals surface area contributed by atoms with E-state index in [1.54, 1.807) is 6.20 Å². The Bertz CT molecular complexity index is 1630. The first-order valence-corrected chi connectivity index (χ1v) is 10.5. The van der Waals surface area contributed by atoms with Gasteiger partial charge >= 0.3 is 0 Å². The molecule has 32 heavy (non-hydrogen) atoms. The zero-order valence-corrected chi connectivity index (χ0v) is 17.1. The van der Waals surface area contributed by atoms with Crippen molar-refractivity contribution in [3.8, 4) is 11.4 Å². The van der Waals surface area contributed by atoms with Crippen LogP contribution in [0.1, 0.15) is 0 Å². The van der Waals surface area contributed by atoms with Crippen LogP contribution in [0.3, 0.4) is 0 Å². The standard InChI is InChI=1S/C27H17N5/c1-2-8-18(9-3-1)31-22-12-5-4-11-20(22)21-17-30-25-24-23(13-7-15-29-24)32(27(25)26(21)31)19-10-6-14-28-16-19/h1-17H. The molecule has 150 valence electrons. The van der Waals surface area contributed by atoms with E-state index in [1.807, 2.05) is 36.8 Å². The van der Waals surface area contributed by atoms with Gasteiger partial charge in [-0.3, -0.25) is 15.0 Å². The number of para-hydroxylation sites is 2. The normalized spacial score (nSPS) is 11.8. The van der Waals surface area contributed by atoms with Crippen LogP contribution in [0.15, 0.2) is 104 Å².